The first-order valence-corrected chi connectivity index (χ1v) is 10.8. The number of nitriles is 1. The first kappa shape index (κ1) is 17.5. The first-order chi connectivity index (χ1) is 12.8. The Balaban J connectivity index is 1.71. The summed E-state index contributed by atoms with van der Waals surface area (Å²) in [6, 6.07) is 10.2. The Hall–Kier alpha value is -1.88. The van der Waals surface area contributed by atoms with Gasteiger partial charge in [-0.3, -0.25) is 9.36 Å². The standard InChI is InChI=1S/C19H20N4OS2/c20-8-13-25-19-21-16-14-6-1-2-7-15(14)26-17(16)18(24)23(19)12-5-11-22-9-3-4-10-22/h1-2,6-7H,3-5,9-13H2/p+1. The Morgan fingerprint density at radius 2 is 2.12 bits per heavy atom. The van der Waals surface area contributed by atoms with Crippen LogP contribution >= 0.6 is 23.1 Å². The van der Waals surface area contributed by atoms with Crippen molar-refractivity contribution in [2.24, 2.45) is 0 Å². The van der Waals surface area contributed by atoms with Gasteiger partial charge in [0.1, 0.15) is 4.70 Å². The number of thioether (sulfide) groups is 1. The van der Waals surface area contributed by atoms with Gasteiger partial charge in [-0.2, -0.15) is 5.26 Å². The number of hydrogen-bond donors (Lipinski definition) is 1. The second kappa shape index (κ2) is 7.78. The van der Waals surface area contributed by atoms with Gasteiger partial charge in [0.25, 0.3) is 5.56 Å². The topological polar surface area (TPSA) is 63.1 Å². The summed E-state index contributed by atoms with van der Waals surface area (Å²) in [6.45, 7) is 4.27. The highest BCUT2D eigenvalue weighted by atomic mass is 32.2. The largest absolute Gasteiger partial charge is 0.335 e. The number of quaternary nitrogens is 1. The lowest BCUT2D eigenvalue weighted by Gasteiger charge is -2.14. The zero-order chi connectivity index (χ0) is 17.9. The maximum Gasteiger partial charge on any atom is 0.272 e. The van der Waals surface area contributed by atoms with Crippen LogP contribution in [0.2, 0.25) is 0 Å². The highest BCUT2D eigenvalue weighted by Gasteiger charge is 2.18. The molecule has 3 heterocycles. The zero-order valence-corrected chi connectivity index (χ0v) is 16.2. The van der Waals surface area contributed by atoms with Crippen LogP contribution in [0.25, 0.3) is 20.3 Å². The van der Waals surface area contributed by atoms with Crippen molar-refractivity contribution in [1.29, 1.82) is 5.26 Å². The number of thiophene rings is 1. The molecule has 0 unspecified atom stereocenters. The molecule has 0 aliphatic carbocycles. The van der Waals surface area contributed by atoms with E-state index in [4.69, 9.17) is 10.2 Å². The van der Waals surface area contributed by atoms with E-state index in [1.165, 1.54) is 49.0 Å². The van der Waals surface area contributed by atoms with Gasteiger partial charge < -0.3 is 4.90 Å². The summed E-state index contributed by atoms with van der Waals surface area (Å²) in [5.74, 6) is 0.303. The van der Waals surface area contributed by atoms with Gasteiger partial charge in [-0.1, -0.05) is 30.0 Å². The normalized spacial score (nSPS) is 15.0. The van der Waals surface area contributed by atoms with Crippen LogP contribution in [0.3, 0.4) is 0 Å². The summed E-state index contributed by atoms with van der Waals surface area (Å²) in [5, 5.41) is 10.7. The van der Waals surface area contributed by atoms with Crippen LogP contribution < -0.4 is 10.5 Å². The highest BCUT2D eigenvalue weighted by molar-refractivity contribution is 7.99. The van der Waals surface area contributed by atoms with Crippen molar-refractivity contribution >= 4 is 43.4 Å². The van der Waals surface area contributed by atoms with Gasteiger partial charge in [0.15, 0.2) is 5.16 Å². The molecular weight excluding hydrogens is 364 g/mol. The van der Waals surface area contributed by atoms with E-state index >= 15 is 0 Å². The van der Waals surface area contributed by atoms with Crippen molar-refractivity contribution in [3.05, 3.63) is 34.6 Å². The summed E-state index contributed by atoms with van der Waals surface area (Å²) < 4.78 is 3.60. The van der Waals surface area contributed by atoms with Crippen molar-refractivity contribution in [2.75, 3.05) is 25.4 Å². The molecular formula is C19H21N4OS2+. The summed E-state index contributed by atoms with van der Waals surface area (Å²) in [5.41, 5.74) is 0.811. The number of hydrogen-bond acceptors (Lipinski definition) is 5. The third kappa shape index (κ3) is 3.37. The molecule has 5 nitrogen and oxygen atoms in total. The smallest absolute Gasteiger partial charge is 0.272 e. The first-order valence-electron chi connectivity index (χ1n) is 9.03. The summed E-state index contributed by atoms with van der Waals surface area (Å²) in [7, 11) is 0. The van der Waals surface area contributed by atoms with E-state index in [0.29, 0.717) is 17.5 Å². The molecule has 4 rings (SSSR count). The average Bonchev–Trinajstić information content (AvgIpc) is 3.30. The third-order valence-corrected chi connectivity index (χ3v) is 6.93. The van der Waals surface area contributed by atoms with E-state index < -0.39 is 0 Å². The highest BCUT2D eigenvalue weighted by Crippen LogP contribution is 2.31. The molecule has 26 heavy (non-hydrogen) atoms. The predicted octanol–water partition coefficient (Wildman–Crippen LogP) is 2.30. The van der Waals surface area contributed by atoms with Crippen molar-refractivity contribution < 1.29 is 4.90 Å². The fourth-order valence-corrected chi connectivity index (χ4v) is 5.44. The molecule has 0 atom stereocenters. The molecule has 1 aliphatic rings. The van der Waals surface area contributed by atoms with Gasteiger partial charge >= 0.3 is 0 Å². The monoisotopic (exact) mass is 385 g/mol. The minimum absolute atomic E-state index is 0.0352. The van der Waals surface area contributed by atoms with Crippen LogP contribution in [-0.4, -0.2) is 34.9 Å². The number of nitrogens with zero attached hydrogens (tertiary/aromatic N) is 3. The van der Waals surface area contributed by atoms with Gasteiger partial charge in [-0.05, 0) is 6.07 Å². The molecule has 3 aromatic rings. The van der Waals surface area contributed by atoms with E-state index in [2.05, 4.69) is 6.07 Å². The Labute approximate surface area is 160 Å². The number of rotatable bonds is 6. The third-order valence-electron chi connectivity index (χ3n) is 4.94. The summed E-state index contributed by atoms with van der Waals surface area (Å²) in [6.07, 6.45) is 3.59. The molecule has 0 amide bonds. The molecule has 2 aromatic heterocycles. The molecule has 1 N–H and O–H groups in total. The molecule has 0 spiro atoms. The van der Waals surface area contributed by atoms with E-state index in [9.17, 15) is 4.79 Å². The van der Waals surface area contributed by atoms with Crippen LogP contribution in [-0.2, 0) is 6.54 Å². The van der Waals surface area contributed by atoms with Crippen LogP contribution in [0.1, 0.15) is 19.3 Å². The number of likely N-dealkylation sites (tertiary alicyclic amines) is 1. The van der Waals surface area contributed by atoms with Crippen molar-refractivity contribution in [3.8, 4) is 6.07 Å². The lowest BCUT2D eigenvalue weighted by molar-refractivity contribution is -0.887. The molecule has 1 aromatic carbocycles. The van der Waals surface area contributed by atoms with Crippen LogP contribution in [0, 0.1) is 11.3 Å². The Morgan fingerprint density at radius 1 is 1.31 bits per heavy atom. The van der Waals surface area contributed by atoms with Gasteiger partial charge in [0, 0.05) is 35.9 Å². The molecule has 1 aliphatic heterocycles. The number of nitrogens with one attached hydrogen (secondary N) is 1. The van der Waals surface area contributed by atoms with Crippen molar-refractivity contribution in [2.45, 2.75) is 31.0 Å². The summed E-state index contributed by atoms with van der Waals surface area (Å²) in [4.78, 5) is 19.6. The number of benzene rings is 1. The Bertz CT molecular complexity index is 1030. The molecule has 1 fully saturated rings. The SMILES string of the molecule is N#CCSc1nc2c(sc3ccccc32)c(=O)n1CCC[NH+]1CCCC1. The summed E-state index contributed by atoms with van der Waals surface area (Å²) >= 11 is 2.88. The average molecular weight is 386 g/mol. The fraction of sp³-hybridized carbons (Fsp3) is 0.421. The van der Waals surface area contributed by atoms with Gasteiger partial charge in [0.2, 0.25) is 0 Å². The molecule has 7 heteroatoms. The van der Waals surface area contributed by atoms with E-state index in [1.807, 2.05) is 24.3 Å². The molecule has 0 saturated carbocycles. The molecule has 0 radical (unpaired) electrons. The molecule has 0 bridgehead atoms. The zero-order valence-electron chi connectivity index (χ0n) is 14.5. The van der Waals surface area contributed by atoms with Crippen LogP contribution in [0.4, 0.5) is 0 Å². The quantitative estimate of drug-likeness (QED) is 0.522. The minimum Gasteiger partial charge on any atom is -0.335 e. The fourth-order valence-electron chi connectivity index (χ4n) is 3.67. The van der Waals surface area contributed by atoms with E-state index in [-0.39, 0.29) is 5.56 Å². The number of fused-ring (bicyclic) bond motifs is 3. The van der Waals surface area contributed by atoms with Crippen molar-refractivity contribution in [3.63, 3.8) is 0 Å². The molecule has 1 saturated heterocycles. The Morgan fingerprint density at radius 3 is 2.92 bits per heavy atom. The van der Waals surface area contributed by atoms with E-state index in [1.54, 1.807) is 9.47 Å². The molecule has 134 valence electrons. The minimum atomic E-state index is 0.0352. The van der Waals surface area contributed by atoms with Crippen molar-refractivity contribution in [1.82, 2.24) is 9.55 Å². The van der Waals surface area contributed by atoms with E-state index in [0.717, 1.165) is 33.3 Å². The Kier molecular flexibility index (Phi) is 5.25. The maximum atomic E-state index is 13.1. The van der Waals surface area contributed by atoms with Crippen LogP contribution in [0.15, 0.2) is 34.2 Å². The maximum absolute atomic E-state index is 13.1. The van der Waals surface area contributed by atoms with Gasteiger partial charge in [-0.15, -0.1) is 11.3 Å². The lowest BCUT2D eigenvalue weighted by atomic mass is 10.2. The van der Waals surface area contributed by atoms with Gasteiger partial charge in [-0.25, -0.2) is 4.98 Å². The predicted molar refractivity (Wildman–Crippen MR) is 107 cm³/mol. The number of aromatic nitrogens is 2. The lowest BCUT2D eigenvalue weighted by Crippen LogP contribution is -3.10. The van der Waals surface area contributed by atoms with Crippen LogP contribution in [0.5, 0.6) is 0 Å². The second-order valence-corrected chi connectivity index (χ2v) is 8.63. The second-order valence-electron chi connectivity index (χ2n) is 6.63. The van der Waals surface area contributed by atoms with Gasteiger partial charge in [0.05, 0.1) is 37.0 Å².